The summed E-state index contributed by atoms with van der Waals surface area (Å²) in [5.74, 6) is 3.45. The summed E-state index contributed by atoms with van der Waals surface area (Å²) >= 11 is 3.42. The summed E-state index contributed by atoms with van der Waals surface area (Å²) in [7, 11) is 1.56. The van der Waals surface area contributed by atoms with Crippen LogP contribution in [0.3, 0.4) is 0 Å². The van der Waals surface area contributed by atoms with Gasteiger partial charge in [0.25, 0.3) is 5.91 Å². The smallest absolute Gasteiger partial charge is 0.266 e. The van der Waals surface area contributed by atoms with Crippen molar-refractivity contribution in [1.82, 2.24) is 0 Å². The van der Waals surface area contributed by atoms with Gasteiger partial charge in [0.15, 0.2) is 11.5 Å². The Balaban J connectivity index is 2.29. The minimum absolute atomic E-state index is 0.0625. The van der Waals surface area contributed by atoms with E-state index in [1.807, 2.05) is 13.0 Å². The highest BCUT2D eigenvalue weighted by Crippen LogP contribution is 2.37. The van der Waals surface area contributed by atoms with E-state index < -0.39 is 5.91 Å². The average molecular weight is 455 g/mol. The van der Waals surface area contributed by atoms with Crippen LogP contribution in [0.15, 0.2) is 46.4 Å². The third kappa shape index (κ3) is 6.03. The van der Waals surface area contributed by atoms with Crippen molar-refractivity contribution >= 4 is 33.6 Å². The number of nitriles is 1. The van der Waals surface area contributed by atoms with Gasteiger partial charge in [0.2, 0.25) is 0 Å². The first-order valence-electron chi connectivity index (χ1n) is 8.62. The van der Waals surface area contributed by atoms with E-state index in [2.05, 4.69) is 27.2 Å². The SMILES string of the molecule is C#CCOc1c(Br)cc(/C=C(\C#N)C(=O)Nc2ccc(OC)cc2)cc1OCC. The highest BCUT2D eigenvalue weighted by atomic mass is 79.9. The number of terminal acetylenes is 1. The molecule has 0 atom stereocenters. The van der Waals surface area contributed by atoms with Crippen molar-refractivity contribution in [3.05, 3.63) is 52.0 Å². The molecule has 0 heterocycles. The van der Waals surface area contributed by atoms with E-state index in [4.69, 9.17) is 20.6 Å². The summed E-state index contributed by atoms with van der Waals surface area (Å²) in [5.41, 5.74) is 1.08. The normalized spacial score (nSPS) is 10.4. The molecule has 2 rings (SSSR count). The van der Waals surface area contributed by atoms with Crippen LogP contribution in [-0.2, 0) is 4.79 Å². The predicted molar refractivity (Wildman–Crippen MR) is 115 cm³/mol. The standard InChI is InChI=1S/C22H19BrN2O4/c1-4-10-29-21-19(23)12-15(13-20(21)28-5-2)11-16(14-24)22(26)25-17-6-8-18(27-3)9-7-17/h1,6-9,11-13H,5,10H2,2-3H3,(H,25,26)/b16-11+. The average Bonchev–Trinajstić information content (AvgIpc) is 2.72. The molecule has 0 saturated carbocycles. The highest BCUT2D eigenvalue weighted by molar-refractivity contribution is 9.10. The minimum Gasteiger partial charge on any atom is -0.497 e. The highest BCUT2D eigenvalue weighted by Gasteiger charge is 2.14. The molecule has 1 N–H and O–H groups in total. The Morgan fingerprint density at radius 1 is 1.28 bits per heavy atom. The van der Waals surface area contributed by atoms with Crippen LogP contribution in [0.25, 0.3) is 6.08 Å². The number of benzene rings is 2. The van der Waals surface area contributed by atoms with Gasteiger partial charge in [-0.25, -0.2) is 0 Å². The zero-order valence-electron chi connectivity index (χ0n) is 16.0. The molecule has 0 spiro atoms. The molecule has 2 aromatic carbocycles. The fourth-order valence-electron chi connectivity index (χ4n) is 2.38. The molecule has 0 radical (unpaired) electrons. The second-order valence-electron chi connectivity index (χ2n) is 5.61. The summed E-state index contributed by atoms with van der Waals surface area (Å²) in [6, 6.07) is 12.1. The Morgan fingerprint density at radius 3 is 2.59 bits per heavy atom. The van der Waals surface area contributed by atoms with Gasteiger partial charge in [-0.2, -0.15) is 5.26 Å². The van der Waals surface area contributed by atoms with E-state index in [0.29, 0.717) is 39.6 Å². The zero-order chi connectivity index (χ0) is 21.2. The Morgan fingerprint density at radius 2 is 2.00 bits per heavy atom. The maximum absolute atomic E-state index is 12.5. The van der Waals surface area contributed by atoms with Gasteiger partial charge >= 0.3 is 0 Å². The molecule has 0 fully saturated rings. The van der Waals surface area contributed by atoms with Gasteiger partial charge in [-0.15, -0.1) is 6.42 Å². The molecular formula is C22H19BrN2O4. The summed E-state index contributed by atoms with van der Waals surface area (Å²) in [5, 5.41) is 12.1. The van der Waals surface area contributed by atoms with E-state index in [1.165, 1.54) is 6.08 Å². The van der Waals surface area contributed by atoms with Gasteiger partial charge in [-0.3, -0.25) is 4.79 Å². The molecular weight excluding hydrogens is 436 g/mol. The molecule has 0 aromatic heterocycles. The quantitative estimate of drug-likeness (QED) is 0.362. The maximum atomic E-state index is 12.5. The number of carbonyl (C=O) groups is 1. The Hall–Kier alpha value is -3.42. The summed E-state index contributed by atoms with van der Waals surface area (Å²) in [4.78, 5) is 12.5. The van der Waals surface area contributed by atoms with Crippen LogP contribution in [0, 0.1) is 23.7 Å². The van der Waals surface area contributed by atoms with Gasteiger partial charge in [0, 0.05) is 5.69 Å². The topological polar surface area (TPSA) is 80.6 Å². The molecule has 0 unspecified atom stereocenters. The van der Waals surface area contributed by atoms with Crippen LogP contribution in [-0.4, -0.2) is 26.2 Å². The number of rotatable bonds is 8. The molecule has 0 saturated heterocycles. The van der Waals surface area contributed by atoms with Gasteiger partial charge in [0.05, 0.1) is 18.2 Å². The molecule has 0 aliphatic carbocycles. The number of hydrogen-bond acceptors (Lipinski definition) is 5. The van der Waals surface area contributed by atoms with Crippen molar-refractivity contribution in [2.45, 2.75) is 6.92 Å². The van der Waals surface area contributed by atoms with Crippen LogP contribution in [0.4, 0.5) is 5.69 Å². The summed E-state index contributed by atoms with van der Waals surface area (Å²) < 4.78 is 16.8. The van der Waals surface area contributed by atoms with Crippen LogP contribution < -0.4 is 19.5 Å². The molecule has 0 aliphatic rings. The van der Waals surface area contributed by atoms with E-state index in [9.17, 15) is 10.1 Å². The second kappa shape index (κ2) is 10.8. The number of amides is 1. The Bertz CT molecular complexity index is 986. The largest absolute Gasteiger partial charge is 0.497 e. The monoisotopic (exact) mass is 454 g/mol. The third-order valence-corrected chi connectivity index (χ3v) is 4.24. The van der Waals surface area contributed by atoms with Crippen molar-refractivity contribution in [2.24, 2.45) is 0 Å². The lowest BCUT2D eigenvalue weighted by Crippen LogP contribution is -2.13. The van der Waals surface area contributed by atoms with E-state index in [1.54, 1.807) is 43.5 Å². The van der Waals surface area contributed by atoms with Gasteiger partial charge in [-0.05, 0) is 70.9 Å². The number of nitrogens with one attached hydrogen (secondary N) is 1. The molecule has 0 bridgehead atoms. The summed E-state index contributed by atoms with van der Waals surface area (Å²) in [6.07, 6.45) is 6.72. The molecule has 29 heavy (non-hydrogen) atoms. The second-order valence-corrected chi connectivity index (χ2v) is 6.46. The first-order valence-corrected chi connectivity index (χ1v) is 9.41. The minimum atomic E-state index is -0.528. The van der Waals surface area contributed by atoms with Crippen LogP contribution in [0.2, 0.25) is 0 Å². The fourth-order valence-corrected chi connectivity index (χ4v) is 2.95. The van der Waals surface area contributed by atoms with Crippen LogP contribution >= 0.6 is 15.9 Å². The first-order chi connectivity index (χ1) is 14.0. The van der Waals surface area contributed by atoms with Gasteiger partial charge in [-0.1, -0.05) is 5.92 Å². The van der Waals surface area contributed by atoms with Crippen molar-refractivity contribution in [2.75, 3.05) is 25.6 Å². The third-order valence-electron chi connectivity index (χ3n) is 3.66. The van der Waals surface area contributed by atoms with E-state index in [-0.39, 0.29) is 12.2 Å². The number of hydrogen-bond donors (Lipinski definition) is 1. The Kier molecular flexibility index (Phi) is 8.14. The van der Waals surface area contributed by atoms with Crippen molar-refractivity contribution in [3.8, 4) is 35.7 Å². The predicted octanol–water partition coefficient (Wildman–Crippen LogP) is 4.41. The van der Waals surface area contributed by atoms with Crippen LogP contribution in [0.5, 0.6) is 17.2 Å². The molecule has 148 valence electrons. The van der Waals surface area contributed by atoms with Crippen molar-refractivity contribution in [3.63, 3.8) is 0 Å². The number of carbonyl (C=O) groups excluding carboxylic acids is 1. The molecule has 7 heteroatoms. The zero-order valence-corrected chi connectivity index (χ0v) is 17.6. The van der Waals surface area contributed by atoms with E-state index >= 15 is 0 Å². The van der Waals surface area contributed by atoms with E-state index in [0.717, 1.165) is 0 Å². The lowest BCUT2D eigenvalue weighted by atomic mass is 10.1. The molecule has 0 aliphatic heterocycles. The number of ether oxygens (including phenoxy) is 3. The number of nitrogens with zero attached hydrogens (tertiary/aromatic N) is 1. The Labute approximate surface area is 178 Å². The fraction of sp³-hybridized carbons (Fsp3) is 0.182. The number of halogens is 1. The van der Waals surface area contributed by atoms with Crippen molar-refractivity contribution in [1.29, 1.82) is 5.26 Å². The van der Waals surface area contributed by atoms with Gasteiger partial charge < -0.3 is 19.5 Å². The lowest BCUT2D eigenvalue weighted by Gasteiger charge is -2.13. The number of methoxy groups -OCH3 is 1. The molecule has 2 aromatic rings. The first kappa shape index (κ1) is 21.9. The summed E-state index contributed by atoms with van der Waals surface area (Å²) in [6.45, 7) is 2.33. The number of anilines is 1. The molecule has 6 nitrogen and oxygen atoms in total. The lowest BCUT2D eigenvalue weighted by molar-refractivity contribution is -0.112. The van der Waals surface area contributed by atoms with Crippen molar-refractivity contribution < 1.29 is 19.0 Å². The molecule has 1 amide bonds. The van der Waals surface area contributed by atoms with Gasteiger partial charge in [0.1, 0.15) is 24.0 Å². The maximum Gasteiger partial charge on any atom is 0.266 e. The van der Waals surface area contributed by atoms with Crippen LogP contribution in [0.1, 0.15) is 12.5 Å².